The molecule has 0 spiro atoms. The first-order valence-electron chi connectivity index (χ1n) is 10.2. The summed E-state index contributed by atoms with van der Waals surface area (Å²) in [7, 11) is 0. The number of rotatable bonds is 5. The Balaban J connectivity index is 1.61. The van der Waals surface area contributed by atoms with Gasteiger partial charge >= 0.3 is 0 Å². The van der Waals surface area contributed by atoms with E-state index in [2.05, 4.69) is 27.9 Å². The van der Waals surface area contributed by atoms with Gasteiger partial charge in [-0.25, -0.2) is 4.98 Å². The summed E-state index contributed by atoms with van der Waals surface area (Å²) in [4.78, 5) is 25.8. The molecule has 0 amide bonds. The molecule has 4 aromatic heterocycles. The summed E-state index contributed by atoms with van der Waals surface area (Å²) in [6.45, 7) is 4.70. The maximum Gasteiger partial charge on any atom is 0.247 e. The van der Waals surface area contributed by atoms with Crippen LogP contribution in [-0.2, 0) is 5.54 Å². The number of likely N-dealkylation sites (tertiary alicyclic amines) is 1. The molecule has 5 rings (SSSR count). The summed E-state index contributed by atoms with van der Waals surface area (Å²) in [6.07, 6.45) is 5.75. The van der Waals surface area contributed by atoms with E-state index in [1.807, 2.05) is 35.1 Å². The van der Waals surface area contributed by atoms with Crippen molar-refractivity contribution in [3.05, 3.63) is 65.3 Å². The summed E-state index contributed by atoms with van der Waals surface area (Å²) in [5.74, 6) is 0. The molecular formula is C23H21N7O. The first kappa shape index (κ1) is 19.2. The van der Waals surface area contributed by atoms with Crippen LogP contribution in [0.3, 0.4) is 0 Å². The number of nitrogens with one attached hydrogen (secondary N) is 1. The molecule has 154 valence electrons. The van der Waals surface area contributed by atoms with Gasteiger partial charge in [-0.3, -0.25) is 19.4 Å². The van der Waals surface area contributed by atoms with Crippen LogP contribution in [0, 0.1) is 11.3 Å². The van der Waals surface area contributed by atoms with Crippen LogP contribution in [0.4, 0.5) is 0 Å². The Hall–Kier alpha value is -3.83. The van der Waals surface area contributed by atoms with Crippen LogP contribution in [0.5, 0.6) is 0 Å². The molecule has 0 saturated carbocycles. The van der Waals surface area contributed by atoms with Gasteiger partial charge in [0.1, 0.15) is 16.9 Å². The molecule has 31 heavy (non-hydrogen) atoms. The van der Waals surface area contributed by atoms with E-state index in [1.54, 1.807) is 18.5 Å². The van der Waals surface area contributed by atoms with Crippen molar-refractivity contribution in [2.75, 3.05) is 19.6 Å². The Morgan fingerprint density at radius 2 is 2.10 bits per heavy atom. The Labute approximate surface area is 178 Å². The van der Waals surface area contributed by atoms with Gasteiger partial charge in [-0.05, 0) is 36.9 Å². The Bertz CT molecular complexity index is 1340. The fourth-order valence-electron chi connectivity index (χ4n) is 4.20. The summed E-state index contributed by atoms with van der Waals surface area (Å²) < 4.78 is 1.92. The molecular weight excluding hydrogens is 390 g/mol. The number of hydrogen-bond donors (Lipinski definition) is 1. The predicted octanol–water partition coefficient (Wildman–Crippen LogP) is 2.79. The van der Waals surface area contributed by atoms with Gasteiger partial charge in [0.15, 0.2) is 0 Å². The number of nitriles is 1. The molecule has 0 aromatic carbocycles. The second kappa shape index (κ2) is 7.45. The number of hydrogen-bond acceptors (Lipinski definition) is 6. The van der Waals surface area contributed by atoms with E-state index in [4.69, 9.17) is 10.1 Å². The summed E-state index contributed by atoms with van der Waals surface area (Å²) in [5.41, 5.74) is 3.31. The van der Waals surface area contributed by atoms with Crippen LogP contribution in [0.25, 0.3) is 33.5 Å². The molecule has 4 aromatic rings. The molecule has 0 aliphatic carbocycles. The highest BCUT2D eigenvalue weighted by Gasteiger charge is 2.44. The average molecular weight is 411 g/mol. The van der Waals surface area contributed by atoms with Gasteiger partial charge < -0.3 is 4.98 Å². The highest BCUT2D eigenvalue weighted by atomic mass is 16.1. The second-order valence-corrected chi connectivity index (χ2v) is 7.88. The highest BCUT2D eigenvalue weighted by molar-refractivity contribution is 5.93. The first-order chi connectivity index (χ1) is 15.1. The van der Waals surface area contributed by atoms with E-state index < -0.39 is 0 Å². The minimum absolute atomic E-state index is 0.161. The number of aromatic nitrogens is 5. The number of fused-ring (bicyclic) bond motifs is 1. The van der Waals surface area contributed by atoms with Crippen LogP contribution in [0.1, 0.15) is 13.3 Å². The zero-order valence-electron chi connectivity index (χ0n) is 17.1. The molecule has 0 unspecified atom stereocenters. The molecule has 0 bridgehead atoms. The van der Waals surface area contributed by atoms with E-state index in [9.17, 15) is 10.1 Å². The fourth-order valence-corrected chi connectivity index (χ4v) is 4.20. The van der Waals surface area contributed by atoms with Crippen LogP contribution < -0.4 is 5.56 Å². The minimum Gasteiger partial charge on any atom is -0.328 e. The number of pyridine rings is 3. The molecule has 8 heteroatoms. The Kier molecular flexibility index (Phi) is 4.60. The van der Waals surface area contributed by atoms with Crippen molar-refractivity contribution in [2.24, 2.45) is 0 Å². The largest absolute Gasteiger partial charge is 0.328 e. The third-order valence-corrected chi connectivity index (χ3v) is 5.89. The molecule has 0 radical (unpaired) electrons. The number of aromatic amines is 1. The normalized spacial score (nSPS) is 15.5. The molecule has 1 saturated heterocycles. The van der Waals surface area contributed by atoms with Gasteiger partial charge in [0.05, 0.1) is 23.7 Å². The standard InChI is InChI=1S/C23H21N7O/c1-2-29-14-23(15-29,8-9-24)30-11-7-18(28-30)22-17-4-3-10-25-20(17)12-19(27-22)16-5-6-21(31)26-13-16/h3-7,10-13H,2,8,14-15H2,1H3,(H,26,31). The number of nitrogens with zero attached hydrogens (tertiary/aromatic N) is 6. The van der Waals surface area contributed by atoms with Crippen LogP contribution in [0.15, 0.2) is 59.8 Å². The SMILES string of the molecule is CCN1CC(CC#N)(n2ccc(-c3nc(-c4ccc(=O)[nH]c4)cc4ncccc34)n2)C1. The topological polar surface area (TPSA) is 103 Å². The minimum atomic E-state index is -0.298. The van der Waals surface area contributed by atoms with E-state index in [-0.39, 0.29) is 11.1 Å². The van der Waals surface area contributed by atoms with E-state index in [1.165, 1.54) is 6.07 Å². The van der Waals surface area contributed by atoms with Gasteiger partial charge in [-0.1, -0.05) is 6.92 Å². The summed E-state index contributed by atoms with van der Waals surface area (Å²) in [5, 5.41) is 15.1. The third-order valence-electron chi connectivity index (χ3n) is 5.89. The van der Waals surface area contributed by atoms with Crippen molar-refractivity contribution in [1.29, 1.82) is 5.26 Å². The highest BCUT2D eigenvalue weighted by Crippen LogP contribution is 2.34. The van der Waals surface area contributed by atoms with Crippen molar-refractivity contribution < 1.29 is 0 Å². The van der Waals surface area contributed by atoms with E-state index in [0.29, 0.717) is 12.1 Å². The van der Waals surface area contributed by atoms with E-state index in [0.717, 1.165) is 47.5 Å². The maximum absolute atomic E-state index is 11.5. The number of H-pyrrole nitrogens is 1. The summed E-state index contributed by atoms with van der Waals surface area (Å²) >= 11 is 0. The van der Waals surface area contributed by atoms with Gasteiger partial charge in [-0.15, -0.1) is 0 Å². The lowest BCUT2D eigenvalue weighted by Crippen LogP contribution is -2.62. The third kappa shape index (κ3) is 3.29. The van der Waals surface area contributed by atoms with Crippen molar-refractivity contribution in [2.45, 2.75) is 18.9 Å². The predicted molar refractivity (Wildman–Crippen MR) is 117 cm³/mol. The van der Waals surface area contributed by atoms with Gasteiger partial charge in [0.25, 0.3) is 0 Å². The van der Waals surface area contributed by atoms with Crippen LogP contribution >= 0.6 is 0 Å². The van der Waals surface area contributed by atoms with Gasteiger partial charge in [0, 0.05) is 48.7 Å². The molecule has 0 atom stereocenters. The quantitative estimate of drug-likeness (QED) is 0.542. The lowest BCUT2D eigenvalue weighted by molar-refractivity contribution is 0.00964. The van der Waals surface area contributed by atoms with Gasteiger partial charge in [-0.2, -0.15) is 10.4 Å². The number of likely N-dealkylation sites (N-methyl/N-ethyl adjacent to an activating group) is 1. The van der Waals surface area contributed by atoms with Gasteiger partial charge in [0.2, 0.25) is 5.56 Å². The second-order valence-electron chi connectivity index (χ2n) is 7.88. The Morgan fingerprint density at radius 3 is 2.84 bits per heavy atom. The van der Waals surface area contributed by atoms with Crippen LogP contribution in [-0.4, -0.2) is 49.3 Å². The average Bonchev–Trinajstić information content (AvgIpc) is 3.26. The first-order valence-corrected chi connectivity index (χ1v) is 10.2. The molecule has 8 nitrogen and oxygen atoms in total. The van der Waals surface area contributed by atoms with E-state index >= 15 is 0 Å². The van der Waals surface area contributed by atoms with Crippen molar-refractivity contribution in [3.8, 4) is 28.7 Å². The fraction of sp³-hybridized carbons (Fsp3) is 0.261. The zero-order valence-corrected chi connectivity index (χ0v) is 17.1. The lowest BCUT2D eigenvalue weighted by Gasteiger charge is -2.48. The Morgan fingerprint density at radius 1 is 1.23 bits per heavy atom. The molecule has 1 N–H and O–H groups in total. The van der Waals surface area contributed by atoms with Crippen molar-refractivity contribution in [3.63, 3.8) is 0 Å². The molecule has 1 aliphatic rings. The van der Waals surface area contributed by atoms with Crippen LogP contribution in [0.2, 0.25) is 0 Å². The monoisotopic (exact) mass is 411 g/mol. The summed E-state index contributed by atoms with van der Waals surface area (Å²) in [6, 6.07) is 13.3. The molecule has 1 fully saturated rings. The zero-order chi connectivity index (χ0) is 21.4. The maximum atomic E-state index is 11.5. The smallest absolute Gasteiger partial charge is 0.247 e. The molecule has 5 heterocycles. The van der Waals surface area contributed by atoms with Crippen molar-refractivity contribution in [1.82, 2.24) is 29.6 Å². The lowest BCUT2D eigenvalue weighted by atomic mass is 9.87. The van der Waals surface area contributed by atoms with Crippen molar-refractivity contribution >= 4 is 10.9 Å². The molecule has 1 aliphatic heterocycles.